The number of nitrogens with one attached hydrogen (secondary N) is 1. The van der Waals surface area contributed by atoms with Crippen LogP contribution in [0.5, 0.6) is 0 Å². The molecule has 18 heavy (non-hydrogen) atoms. The van der Waals surface area contributed by atoms with E-state index < -0.39 is 10.0 Å². The molecule has 1 rings (SSSR count). The highest BCUT2D eigenvalue weighted by Crippen LogP contribution is 2.19. The summed E-state index contributed by atoms with van der Waals surface area (Å²) in [6.45, 7) is 4.38. The zero-order valence-corrected chi connectivity index (χ0v) is 12.4. The van der Waals surface area contributed by atoms with Crippen LogP contribution in [0.1, 0.15) is 19.5 Å². The highest BCUT2D eigenvalue weighted by molar-refractivity contribution is 7.89. The van der Waals surface area contributed by atoms with Crippen molar-refractivity contribution < 1.29 is 13.2 Å². The van der Waals surface area contributed by atoms with Gasteiger partial charge in [0.1, 0.15) is 0 Å². The average molecular weight is 295 g/mol. The lowest BCUT2D eigenvalue weighted by atomic mass is 10.4. The van der Waals surface area contributed by atoms with Crippen molar-refractivity contribution in [3.8, 4) is 0 Å². The van der Waals surface area contributed by atoms with Crippen LogP contribution >= 0.6 is 11.6 Å². The Labute approximate surface area is 113 Å². The van der Waals surface area contributed by atoms with Crippen LogP contribution in [0.25, 0.3) is 0 Å². The van der Waals surface area contributed by atoms with Crippen LogP contribution < -0.4 is 0 Å². The SMILES string of the molecule is CCN(C(C)COC)S(=O)(=O)c1c[nH]c(CCl)c1. The number of ether oxygens (including phenoxy) is 1. The summed E-state index contributed by atoms with van der Waals surface area (Å²) in [6.07, 6.45) is 1.47. The number of H-pyrrole nitrogens is 1. The maximum atomic E-state index is 12.4. The van der Waals surface area contributed by atoms with Gasteiger partial charge in [-0.15, -0.1) is 11.6 Å². The topological polar surface area (TPSA) is 62.4 Å². The van der Waals surface area contributed by atoms with Crippen LogP contribution in [-0.4, -0.2) is 44.0 Å². The first kappa shape index (κ1) is 15.5. The van der Waals surface area contributed by atoms with Gasteiger partial charge in [0, 0.05) is 31.6 Å². The molecule has 1 aromatic rings. The fraction of sp³-hybridized carbons (Fsp3) is 0.636. The van der Waals surface area contributed by atoms with E-state index in [4.69, 9.17) is 16.3 Å². The summed E-state index contributed by atoms with van der Waals surface area (Å²) >= 11 is 5.66. The summed E-state index contributed by atoms with van der Waals surface area (Å²) in [7, 11) is -1.94. The number of methoxy groups -OCH3 is 1. The van der Waals surface area contributed by atoms with Gasteiger partial charge in [-0.25, -0.2) is 8.42 Å². The van der Waals surface area contributed by atoms with E-state index in [-0.39, 0.29) is 16.8 Å². The van der Waals surface area contributed by atoms with Crippen molar-refractivity contribution in [1.82, 2.24) is 9.29 Å². The van der Waals surface area contributed by atoms with Gasteiger partial charge in [-0.3, -0.25) is 0 Å². The van der Waals surface area contributed by atoms with Crippen molar-refractivity contribution in [2.75, 3.05) is 20.3 Å². The van der Waals surface area contributed by atoms with Crippen LogP contribution in [0, 0.1) is 0 Å². The minimum Gasteiger partial charge on any atom is -0.383 e. The molecule has 1 aromatic heterocycles. The lowest BCUT2D eigenvalue weighted by Crippen LogP contribution is -2.40. The molecule has 0 radical (unpaired) electrons. The smallest absolute Gasteiger partial charge is 0.244 e. The molecular formula is C11H19ClN2O3S. The normalized spacial score (nSPS) is 14.1. The second-order valence-electron chi connectivity index (χ2n) is 4.01. The van der Waals surface area contributed by atoms with Crippen LogP contribution in [0.3, 0.4) is 0 Å². The third-order valence-corrected chi connectivity index (χ3v) is 5.03. The molecule has 1 atom stereocenters. The predicted molar refractivity (Wildman–Crippen MR) is 71.3 cm³/mol. The van der Waals surface area contributed by atoms with Crippen LogP contribution in [0.2, 0.25) is 0 Å². The van der Waals surface area contributed by atoms with Gasteiger partial charge in [-0.1, -0.05) is 6.92 Å². The Balaban J connectivity index is 3.02. The highest BCUT2D eigenvalue weighted by Gasteiger charge is 2.28. The largest absolute Gasteiger partial charge is 0.383 e. The van der Waals surface area contributed by atoms with E-state index in [1.54, 1.807) is 20.1 Å². The summed E-state index contributed by atoms with van der Waals surface area (Å²) in [6, 6.07) is 1.35. The number of halogens is 1. The summed E-state index contributed by atoms with van der Waals surface area (Å²) in [5.41, 5.74) is 0.686. The van der Waals surface area contributed by atoms with Gasteiger partial charge in [-0.05, 0) is 13.0 Å². The molecule has 0 aliphatic heterocycles. The van der Waals surface area contributed by atoms with E-state index in [9.17, 15) is 8.42 Å². The first-order valence-electron chi connectivity index (χ1n) is 5.71. The fourth-order valence-electron chi connectivity index (χ4n) is 1.82. The molecule has 0 saturated carbocycles. The summed E-state index contributed by atoms with van der Waals surface area (Å²) in [5.74, 6) is 0.259. The number of rotatable bonds is 7. The second kappa shape index (κ2) is 6.56. The maximum absolute atomic E-state index is 12.4. The van der Waals surface area contributed by atoms with E-state index in [0.717, 1.165) is 0 Å². The van der Waals surface area contributed by atoms with E-state index in [0.29, 0.717) is 18.8 Å². The van der Waals surface area contributed by atoms with E-state index in [1.165, 1.54) is 10.5 Å². The maximum Gasteiger partial charge on any atom is 0.244 e. The second-order valence-corrected chi connectivity index (χ2v) is 6.16. The molecule has 0 saturated heterocycles. The Morgan fingerprint density at radius 1 is 1.56 bits per heavy atom. The van der Waals surface area contributed by atoms with Gasteiger partial charge < -0.3 is 9.72 Å². The van der Waals surface area contributed by atoms with E-state index in [1.807, 2.05) is 6.92 Å². The summed E-state index contributed by atoms with van der Waals surface area (Å²) in [5, 5.41) is 0. The Morgan fingerprint density at radius 3 is 2.67 bits per heavy atom. The van der Waals surface area contributed by atoms with Crippen molar-refractivity contribution in [1.29, 1.82) is 0 Å². The Bertz CT molecular complexity index is 472. The third-order valence-electron chi connectivity index (χ3n) is 2.68. The molecule has 0 aromatic carbocycles. The highest BCUT2D eigenvalue weighted by atomic mass is 35.5. The molecule has 0 aliphatic rings. The summed E-state index contributed by atoms with van der Waals surface area (Å²) in [4.78, 5) is 3.08. The quantitative estimate of drug-likeness (QED) is 0.780. The number of likely N-dealkylation sites (N-methyl/N-ethyl adjacent to an activating group) is 1. The van der Waals surface area contributed by atoms with E-state index in [2.05, 4.69) is 4.98 Å². The zero-order valence-electron chi connectivity index (χ0n) is 10.8. The molecule has 0 fully saturated rings. The zero-order chi connectivity index (χ0) is 13.8. The fourth-order valence-corrected chi connectivity index (χ4v) is 3.62. The molecule has 1 unspecified atom stereocenters. The Morgan fingerprint density at radius 2 is 2.22 bits per heavy atom. The van der Waals surface area contributed by atoms with Crippen LogP contribution in [0.4, 0.5) is 0 Å². The van der Waals surface area contributed by atoms with Crippen molar-refractivity contribution in [3.05, 3.63) is 18.0 Å². The van der Waals surface area contributed by atoms with E-state index >= 15 is 0 Å². The lowest BCUT2D eigenvalue weighted by Gasteiger charge is -2.26. The molecule has 0 spiro atoms. The van der Waals surface area contributed by atoms with Crippen molar-refractivity contribution in [2.24, 2.45) is 0 Å². The Hall–Kier alpha value is -0.560. The molecule has 1 heterocycles. The van der Waals surface area contributed by atoms with Crippen LogP contribution in [0.15, 0.2) is 17.2 Å². The molecule has 7 heteroatoms. The van der Waals surface area contributed by atoms with Crippen molar-refractivity contribution >= 4 is 21.6 Å². The first-order chi connectivity index (χ1) is 8.47. The third kappa shape index (κ3) is 3.26. The van der Waals surface area contributed by atoms with Gasteiger partial charge in [0.05, 0.1) is 17.4 Å². The van der Waals surface area contributed by atoms with Gasteiger partial charge in [0.2, 0.25) is 10.0 Å². The molecule has 0 amide bonds. The van der Waals surface area contributed by atoms with Gasteiger partial charge in [0.15, 0.2) is 0 Å². The van der Waals surface area contributed by atoms with Gasteiger partial charge >= 0.3 is 0 Å². The number of aromatic amines is 1. The number of sulfonamides is 1. The summed E-state index contributed by atoms with van der Waals surface area (Å²) < 4.78 is 31.3. The van der Waals surface area contributed by atoms with Gasteiger partial charge in [0.25, 0.3) is 0 Å². The molecule has 0 aliphatic carbocycles. The molecule has 1 N–H and O–H groups in total. The monoisotopic (exact) mass is 294 g/mol. The standard InChI is InChI=1S/C11H19ClN2O3S/c1-4-14(9(2)8-17-3)18(15,16)11-5-10(6-12)13-7-11/h5,7,9,13H,4,6,8H2,1-3H3. The lowest BCUT2D eigenvalue weighted by molar-refractivity contribution is 0.142. The molecule has 0 bridgehead atoms. The number of hydrogen-bond acceptors (Lipinski definition) is 3. The molecular weight excluding hydrogens is 276 g/mol. The molecule has 5 nitrogen and oxygen atoms in total. The minimum atomic E-state index is -3.50. The number of aromatic nitrogens is 1. The predicted octanol–water partition coefficient (Wildman–Crippen LogP) is 1.80. The minimum absolute atomic E-state index is 0.209. The number of hydrogen-bond donors (Lipinski definition) is 1. The number of alkyl halides is 1. The Kier molecular flexibility index (Phi) is 5.65. The first-order valence-corrected chi connectivity index (χ1v) is 7.68. The van der Waals surface area contributed by atoms with Gasteiger partial charge in [-0.2, -0.15) is 4.31 Å². The van der Waals surface area contributed by atoms with Crippen molar-refractivity contribution in [2.45, 2.75) is 30.7 Å². The average Bonchev–Trinajstić information content (AvgIpc) is 2.79. The van der Waals surface area contributed by atoms with Crippen molar-refractivity contribution in [3.63, 3.8) is 0 Å². The number of nitrogens with zero attached hydrogens (tertiary/aromatic N) is 1. The van der Waals surface area contributed by atoms with Crippen LogP contribution in [-0.2, 0) is 20.6 Å². The molecule has 104 valence electrons.